The summed E-state index contributed by atoms with van der Waals surface area (Å²) in [4.78, 5) is 4.37. The molecule has 2 aromatic carbocycles. The maximum Gasteiger partial charge on any atom is 0.162 e. The van der Waals surface area contributed by atoms with Crippen LogP contribution in [0.4, 0.5) is 0 Å². The van der Waals surface area contributed by atoms with E-state index in [4.69, 9.17) is 9.47 Å². The first-order valence-electron chi connectivity index (χ1n) is 6.88. The summed E-state index contributed by atoms with van der Waals surface area (Å²) in [6, 6.07) is 16.0. The molecule has 0 spiro atoms. The summed E-state index contributed by atoms with van der Waals surface area (Å²) in [6.45, 7) is 2.58. The van der Waals surface area contributed by atoms with E-state index in [1.807, 2.05) is 54.7 Å². The van der Waals surface area contributed by atoms with E-state index in [2.05, 4.69) is 11.9 Å². The Balaban J connectivity index is 1.95. The standard InChI is InChI=1S/C18H17NO2/c1-13-8-9-19-16-11-17(20-2)18(10-15(13)16)21-12-14-6-4-3-5-7-14/h3-11H,12H2,1-2H3. The van der Waals surface area contributed by atoms with Crippen LogP contribution in [-0.4, -0.2) is 12.1 Å². The second-order valence-electron chi connectivity index (χ2n) is 4.92. The molecule has 21 heavy (non-hydrogen) atoms. The summed E-state index contributed by atoms with van der Waals surface area (Å²) in [5.74, 6) is 1.45. The number of benzene rings is 2. The Morgan fingerprint density at radius 2 is 1.81 bits per heavy atom. The molecular formula is C18H17NO2. The van der Waals surface area contributed by atoms with E-state index >= 15 is 0 Å². The molecule has 0 aliphatic carbocycles. The number of rotatable bonds is 4. The predicted octanol–water partition coefficient (Wildman–Crippen LogP) is 4.13. The van der Waals surface area contributed by atoms with E-state index in [0.717, 1.165) is 22.2 Å². The smallest absolute Gasteiger partial charge is 0.162 e. The van der Waals surface area contributed by atoms with Crippen LogP contribution in [0, 0.1) is 6.92 Å². The van der Waals surface area contributed by atoms with E-state index in [1.54, 1.807) is 7.11 Å². The van der Waals surface area contributed by atoms with Crippen LogP contribution in [0.2, 0.25) is 0 Å². The van der Waals surface area contributed by atoms with Crippen molar-refractivity contribution in [3.63, 3.8) is 0 Å². The van der Waals surface area contributed by atoms with Gasteiger partial charge in [0.05, 0.1) is 12.6 Å². The van der Waals surface area contributed by atoms with Gasteiger partial charge in [-0.2, -0.15) is 0 Å². The number of aryl methyl sites for hydroxylation is 1. The second kappa shape index (κ2) is 5.83. The lowest BCUT2D eigenvalue weighted by Gasteiger charge is -2.12. The topological polar surface area (TPSA) is 31.4 Å². The lowest BCUT2D eigenvalue weighted by molar-refractivity contribution is 0.285. The summed E-state index contributed by atoms with van der Waals surface area (Å²) in [6.07, 6.45) is 1.81. The third-order valence-electron chi connectivity index (χ3n) is 3.48. The number of hydrogen-bond donors (Lipinski definition) is 0. The zero-order chi connectivity index (χ0) is 14.7. The van der Waals surface area contributed by atoms with E-state index < -0.39 is 0 Å². The number of pyridine rings is 1. The van der Waals surface area contributed by atoms with E-state index in [0.29, 0.717) is 12.4 Å². The fourth-order valence-corrected chi connectivity index (χ4v) is 2.30. The molecule has 3 heteroatoms. The van der Waals surface area contributed by atoms with Crippen LogP contribution in [0.25, 0.3) is 10.9 Å². The van der Waals surface area contributed by atoms with Gasteiger partial charge in [0.1, 0.15) is 6.61 Å². The Hall–Kier alpha value is -2.55. The second-order valence-corrected chi connectivity index (χ2v) is 4.92. The van der Waals surface area contributed by atoms with Crippen LogP contribution in [0.3, 0.4) is 0 Å². The highest BCUT2D eigenvalue weighted by Crippen LogP contribution is 2.33. The fraction of sp³-hybridized carbons (Fsp3) is 0.167. The molecule has 0 amide bonds. The van der Waals surface area contributed by atoms with Crippen LogP contribution >= 0.6 is 0 Å². The molecule has 3 aromatic rings. The van der Waals surface area contributed by atoms with Gasteiger partial charge in [0.15, 0.2) is 11.5 Å². The van der Waals surface area contributed by atoms with Crippen molar-refractivity contribution < 1.29 is 9.47 Å². The Kier molecular flexibility index (Phi) is 3.73. The minimum Gasteiger partial charge on any atom is -0.493 e. The first-order valence-corrected chi connectivity index (χ1v) is 6.88. The summed E-state index contributed by atoms with van der Waals surface area (Å²) in [7, 11) is 1.65. The summed E-state index contributed by atoms with van der Waals surface area (Å²) >= 11 is 0. The molecule has 0 unspecified atom stereocenters. The summed E-state index contributed by atoms with van der Waals surface area (Å²) in [5, 5.41) is 1.08. The molecule has 0 atom stereocenters. The van der Waals surface area contributed by atoms with Crippen molar-refractivity contribution in [3.8, 4) is 11.5 Å². The van der Waals surface area contributed by atoms with Crippen LogP contribution in [0.15, 0.2) is 54.7 Å². The SMILES string of the molecule is COc1cc2nccc(C)c2cc1OCc1ccccc1. The molecule has 0 aliphatic heterocycles. The monoisotopic (exact) mass is 279 g/mol. The Morgan fingerprint density at radius 3 is 2.57 bits per heavy atom. The molecule has 0 fully saturated rings. The van der Waals surface area contributed by atoms with Gasteiger partial charge in [-0.25, -0.2) is 0 Å². The largest absolute Gasteiger partial charge is 0.493 e. The number of aromatic nitrogens is 1. The minimum atomic E-state index is 0.516. The third-order valence-corrected chi connectivity index (χ3v) is 3.48. The molecule has 0 aliphatic rings. The molecule has 3 nitrogen and oxygen atoms in total. The minimum absolute atomic E-state index is 0.516. The molecule has 106 valence electrons. The Labute approximate surface area is 124 Å². The van der Waals surface area contributed by atoms with Crippen molar-refractivity contribution in [2.45, 2.75) is 13.5 Å². The Bertz CT molecular complexity index is 754. The van der Waals surface area contributed by atoms with Gasteiger partial charge in [-0.1, -0.05) is 30.3 Å². The first kappa shape index (κ1) is 13.4. The van der Waals surface area contributed by atoms with Crippen molar-refractivity contribution in [3.05, 3.63) is 65.9 Å². The number of ether oxygens (including phenoxy) is 2. The molecular weight excluding hydrogens is 262 g/mol. The highest BCUT2D eigenvalue weighted by atomic mass is 16.5. The van der Waals surface area contributed by atoms with Gasteiger partial charge in [-0.05, 0) is 30.2 Å². The molecule has 3 rings (SSSR count). The quantitative estimate of drug-likeness (QED) is 0.719. The van der Waals surface area contributed by atoms with E-state index in [1.165, 1.54) is 5.56 Å². The van der Waals surface area contributed by atoms with Crippen molar-refractivity contribution in [2.75, 3.05) is 7.11 Å². The number of hydrogen-bond acceptors (Lipinski definition) is 3. The summed E-state index contributed by atoms with van der Waals surface area (Å²) < 4.78 is 11.3. The predicted molar refractivity (Wildman–Crippen MR) is 83.8 cm³/mol. The Morgan fingerprint density at radius 1 is 1.00 bits per heavy atom. The molecule has 0 N–H and O–H groups in total. The zero-order valence-electron chi connectivity index (χ0n) is 12.2. The normalized spacial score (nSPS) is 10.6. The molecule has 0 radical (unpaired) electrons. The van der Waals surface area contributed by atoms with Gasteiger partial charge >= 0.3 is 0 Å². The fourth-order valence-electron chi connectivity index (χ4n) is 2.30. The van der Waals surface area contributed by atoms with Crippen LogP contribution < -0.4 is 9.47 Å². The highest BCUT2D eigenvalue weighted by molar-refractivity contribution is 5.85. The van der Waals surface area contributed by atoms with Crippen LogP contribution in [0.5, 0.6) is 11.5 Å². The van der Waals surface area contributed by atoms with Crippen LogP contribution in [0.1, 0.15) is 11.1 Å². The average Bonchev–Trinajstić information content (AvgIpc) is 2.53. The third kappa shape index (κ3) is 2.82. The van der Waals surface area contributed by atoms with Crippen molar-refractivity contribution in [1.29, 1.82) is 0 Å². The van der Waals surface area contributed by atoms with Gasteiger partial charge in [-0.3, -0.25) is 4.98 Å². The molecule has 0 saturated carbocycles. The van der Waals surface area contributed by atoms with Crippen molar-refractivity contribution >= 4 is 10.9 Å². The molecule has 1 heterocycles. The molecule has 1 aromatic heterocycles. The highest BCUT2D eigenvalue weighted by Gasteiger charge is 2.09. The number of methoxy groups -OCH3 is 1. The molecule has 0 saturated heterocycles. The van der Waals surface area contributed by atoms with Crippen LogP contribution in [-0.2, 0) is 6.61 Å². The zero-order valence-corrected chi connectivity index (χ0v) is 12.2. The summed E-state index contributed by atoms with van der Waals surface area (Å²) in [5.41, 5.74) is 3.22. The molecule has 0 bridgehead atoms. The maximum absolute atomic E-state index is 5.92. The van der Waals surface area contributed by atoms with E-state index in [-0.39, 0.29) is 0 Å². The lowest BCUT2D eigenvalue weighted by Crippen LogP contribution is -1.98. The van der Waals surface area contributed by atoms with Gasteiger partial charge in [-0.15, -0.1) is 0 Å². The van der Waals surface area contributed by atoms with Gasteiger partial charge in [0.25, 0.3) is 0 Å². The number of nitrogens with zero attached hydrogens (tertiary/aromatic N) is 1. The first-order chi connectivity index (χ1) is 10.3. The maximum atomic E-state index is 5.92. The average molecular weight is 279 g/mol. The lowest BCUT2D eigenvalue weighted by atomic mass is 10.1. The van der Waals surface area contributed by atoms with Gasteiger partial charge < -0.3 is 9.47 Å². The van der Waals surface area contributed by atoms with Gasteiger partial charge in [0.2, 0.25) is 0 Å². The van der Waals surface area contributed by atoms with Crippen molar-refractivity contribution in [1.82, 2.24) is 4.98 Å². The van der Waals surface area contributed by atoms with Crippen molar-refractivity contribution in [2.24, 2.45) is 0 Å². The van der Waals surface area contributed by atoms with Gasteiger partial charge in [0, 0.05) is 17.6 Å². The van der Waals surface area contributed by atoms with E-state index in [9.17, 15) is 0 Å². The number of fused-ring (bicyclic) bond motifs is 1.